The number of phenolic OH excluding ortho intramolecular Hbond substituents is 1. The van der Waals surface area contributed by atoms with Gasteiger partial charge in [0.1, 0.15) is 5.75 Å². The number of unbranched alkanes of at least 4 members (excludes halogenated alkanes) is 1. The molecule has 0 unspecified atom stereocenters. The number of anilines is 1. The maximum Gasteiger partial charge on any atom is 0.319 e. The molecule has 0 heterocycles. The lowest BCUT2D eigenvalue weighted by molar-refractivity contribution is 0.252. The average molecular weight is 355 g/mol. The van der Waals surface area contributed by atoms with Crippen LogP contribution in [0.15, 0.2) is 48.5 Å². The van der Waals surface area contributed by atoms with Gasteiger partial charge in [0.05, 0.1) is 0 Å². The number of carbonyl (C=O) groups excluding carboxylic acids is 1. The van der Waals surface area contributed by atoms with E-state index >= 15 is 0 Å². The molecule has 2 aromatic carbocycles. The molecule has 0 aliphatic carbocycles. The molecule has 0 aromatic heterocycles. The minimum Gasteiger partial charge on any atom is -0.508 e. The van der Waals surface area contributed by atoms with Crippen molar-refractivity contribution in [3.05, 3.63) is 59.7 Å². The summed E-state index contributed by atoms with van der Waals surface area (Å²) in [6.45, 7) is 4.29. The van der Waals surface area contributed by atoms with E-state index in [4.69, 9.17) is 0 Å². The number of hydrogen-bond acceptors (Lipinski definition) is 3. The van der Waals surface area contributed by atoms with Crippen LogP contribution < -0.4 is 16.0 Å². The predicted molar refractivity (Wildman–Crippen MR) is 107 cm³/mol. The third-order valence-electron chi connectivity index (χ3n) is 4.18. The number of carbonyl (C=O) groups is 1. The highest BCUT2D eigenvalue weighted by Gasteiger charge is 2.04. The topological polar surface area (TPSA) is 73.4 Å². The molecular formula is C21H29N3O2. The highest BCUT2D eigenvalue weighted by molar-refractivity contribution is 5.89. The van der Waals surface area contributed by atoms with Crippen molar-refractivity contribution in [3.8, 4) is 5.75 Å². The van der Waals surface area contributed by atoms with Crippen LogP contribution in [-0.4, -0.2) is 30.8 Å². The molecule has 0 fully saturated rings. The van der Waals surface area contributed by atoms with Crippen LogP contribution in [0.5, 0.6) is 5.75 Å². The number of aromatic hydroxyl groups is 1. The zero-order chi connectivity index (χ0) is 18.6. The van der Waals surface area contributed by atoms with Gasteiger partial charge in [0.2, 0.25) is 0 Å². The van der Waals surface area contributed by atoms with Crippen LogP contribution in [0.1, 0.15) is 30.9 Å². The summed E-state index contributed by atoms with van der Waals surface area (Å²) in [6.07, 6.45) is 4.19. The Morgan fingerprint density at radius 3 is 2.54 bits per heavy atom. The van der Waals surface area contributed by atoms with Gasteiger partial charge in [0, 0.05) is 18.8 Å². The molecule has 2 aromatic rings. The first kappa shape index (κ1) is 19.8. The fourth-order valence-electron chi connectivity index (χ4n) is 2.77. The van der Waals surface area contributed by atoms with Gasteiger partial charge in [-0.25, -0.2) is 4.79 Å². The molecule has 2 rings (SSSR count). The monoisotopic (exact) mass is 355 g/mol. The molecular weight excluding hydrogens is 326 g/mol. The molecule has 0 saturated heterocycles. The number of amides is 2. The molecule has 0 radical (unpaired) electrons. The number of phenols is 1. The van der Waals surface area contributed by atoms with Gasteiger partial charge in [-0.05, 0) is 61.2 Å². The third kappa shape index (κ3) is 7.15. The Morgan fingerprint density at radius 1 is 0.962 bits per heavy atom. The Hall–Kier alpha value is -2.53. The van der Waals surface area contributed by atoms with Crippen molar-refractivity contribution in [2.75, 3.05) is 25.0 Å². The highest BCUT2D eigenvalue weighted by atomic mass is 16.3. The summed E-state index contributed by atoms with van der Waals surface area (Å²) in [5, 5.41) is 18.6. The van der Waals surface area contributed by atoms with Crippen molar-refractivity contribution in [1.29, 1.82) is 0 Å². The summed E-state index contributed by atoms with van der Waals surface area (Å²) in [5.74, 6) is 0.335. The largest absolute Gasteiger partial charge is 0.508 e. The van der Waals surface area contributed by atoms with E-state index in [9.17, 15) is 9.90 Å². The minimum absolute atomic E-state index is 0.196. The Morgan fingerprint density at radius 2 is 1.77 bits per heavy atom. The van der Waals surface area contributed by atoms with Crippen molar-refractivity contribution in [1.82, 2.24) is 10.6 Å². The maximum atomic E-state index is 11.8. The van der Waals surface area contributed by atoms with E-state index in [1.54, 1.807) is 6.07 Å². The number of hydrogen-bond donors (Lipinski definition) is 4. The molecule has 0 atom stereocenters. The van der Waals surface area contributed by atoms with Crippen molar-refractivity contribution < 1.29 is 9.90 Å². The zero-order valence-corrected chi connectivity index (χ0v) is 15.4. The fraction of sp³-hybridized carbons (Fsp3) is 0.381. The fourth-order valence-corrected chi connectivity index (χ4v) is 2.77. The molecule has 0 aliphatic heterocycles. The van der Waals surface area contributed by atoms with Crippen LogP contribution in [-0.2, 0) is 12.8 Å². The number of benzene rings is 2. The van der Waals surface area contributed by atoms with Gasteiger partial charge in [-0.3, -0.25) is 0 Å². The molecule has 4 N–H and O–H groups in total. The second-order valence-electron chi connectivity index (χ2n) is 6.30. The molecule has 0 spiro atoms. The van der Waals surface area contributed by atoms with E-state index in [1.807, 2.05) is 42.5 Å². The Balaban J connectivity index is 1.64. The highest BCUT2D eigenvalue weighted by Crippen LogP contribution is 2.19. The van der Waals surface area contributed by atoms with Crippen LogP contribution in [0, 0.1) is 0 Å². The van der Waals surface area contributed by atoms with Gasteiger partial charge < -0.3 is 21.1 Å². The van der Waals surface area contributed by atoms with E-state index in [1.165, 1.54) is 11.1 Å². The Labute approximate surface area is 155 Å². The molecule has 0 aliphatic rings. The molecule has 5 nitrogen and oxygen atoms in total. The van der Waals surface area contributed by atoms with Crippen LogP contribution >= 0.6 is 0 Å². The minimum atomic E-state index is -0.196. The Bertz CT molecular complexity index is 674. The number of nitrogens with one attached hydrogen (secondary N) is 3. The van der Waals surface area contributed by atoms with Crippen molar-refractivity contribution >= 4 is 11.7 Å². The summed E-state index contributed by atoms with van der Waals surface area (Å²) in [5.41, 5.74) is 3.29. The lowest BCUT2D eigenvalue weighted by atomic mass is 9.99. The maximum absolute atomic E-state index is 11.8. The summed E-state index contributed by atoms with van der Waals surface area (Å²) in [7, 11) is 0. The molecule has 140 valence electrons. The van der Waals surface area contributed by atoms with Gasteiger partial charge in [-0.1, -0.05) is 37.6 Å². The quantitative estimate of drug-likeness (QED) is 0.491. The third-order valence-corrected chi connectivity index (χ3v) is 4.18. The first-order chi connectivity index (χ1) is 12.7. The van der Waals surface area contributed by atoms with Crippen LogP contribution in [0.2, 0.25) is 0 Å². The van der Waals surface area contributed by atoms with Crippen LogP contribution in [0.25, 0.3) is 0 Å². The lowest BCUT2D eigenvalue weighted by Gasteiger charge is -2.11. The average Bonchev–Trinajstić information content (AvgIpc) is 2.65. The van der Waals surface area contributed by atoms with Crippen LogP contribution in [0.4, 0.5) is 10.5 Å². The summed E-state index contributed by atoms with van der Waals surface area (Å²) in [6, 6.07) is 14.8. The van der Waals surface area contributed by atoms with E-state index in [0.717, 1.165) is 37.9 Å². The number of aryl methyl sites for hydroxylation is 1. The SMILES string of the molecule is CCCCc1cc(O)ccc1CCNCCNC(=O)Nc1ccccc1. The summed E-state index contributed by atoms with van der Waals surface area (Å²) >= 11 is 0. The van der Waals surface area contributed by atoms with Gasteiger partial charge in [-0.15, -0.1) is 0 Å². The van der Waals surface area contributed by atoms with E-state index < -0.39 is 0 Å². The summed E-state index contributed by atoms with van der Waals surface area (Å²) in [4.78, 5) is 11.8. The second-order valence-corrected chi connectivity index (χ2v) is 6.30. The smallest absolute Gasteiger partial charge is 0.319 e. The lowest BCUT2D eigenvalue weighted by Crippen LogP contribution is -2.35. The van der Waals surface area contributed by atoms with Crippen molar-refractivity contribution in [3.63, 3.8) is 0 Å². The van der Waals surface area contributed by atoms with Gasteiger partial charge >= 0.3 is 6.03 Å². The van der Waals surface area contributed by atoms with Crippen LogP contribution in [0.3, 0.4) is 0 Å². The zero-order valence-electron chi connectivity index (χ0n) is 15.4. The van der Waals surface area contributed by atoms with Crippen molar-refractivity contribution in [2.45, 2.75) is 32.6 Å². The molecule has 26 heavy (non-hydrogen) atoms. The number of rotatable bonds is 10. The van der Waals surface area contributed by atoms with Gasteiger partial charge in [0.25, 0.3) is 0 Å². The molecule has 0 bridgehead atoms. The standard InChI is InChI=1S/C21H29N3O2/c1-2-3-7-18-16-20(25)11-10-17(18)12-13-22-14-15-23-21(26)24-19-8-5-4-6-9-19/h4-6,8-11,16,22,25H,2-3,7,12-15H2,1H3,(H2,23,24,26). The normalized spacial score (nSPS) is 10.5. The molecule has 5 heteroatoms. The van der Waals surface area contributed by atoms with E-state index in [0.29, 0.717) is 18.8 Å². The first-order valence-corrected chi connectivity index (χ1v) is 9.30. The number of urea groups is 1. The Kier molecular flexibility index (Phi) is 8.49. The number of para-hydroxylation sites is 1. The van der Waals surface area contributed by atoms with Gasteiger partial charge in [0.15, 0.2) is 0 Å². The van der Waals surface area contributed by atoms with E-state index in [-0.39, 0.29) is 6.03 Å². The molecule has 0 saturated carbocycles. The second kappa shape index (κ2) is 11.2. The van der Waals surface area contributed by atoms with Gasteiger partial charge in [-0.2, -0.15) is 0 Å². The first-order valence-electron chi connectivity index (χ1n) is 9.30. The molecule has 2 amide bonds. The van der Waals surface area contributed by atoms with E-state index in [2.05, 4.69) is 22.9 Å². The predicted octanol–water partition coefficient (Wildman–Crippen LogP) is 3.69. The summed E-state index contributed by atoms with van der Waals surface area (Å²) < 4.78 is 0. The van der Waals surface area contributed by atoms with Crippen molar-refractivity contribution in [2.24, 2.45) is 0 Å².